The molecule has 0 fully saturated rings. The second-order valence-corrected chi connectivity index (χ2v) is 6.66. The molecule has 0 atom stereocenters. The number of halogens is 1. The van der Waals surface area contributed by atoms with Crippen LogP contribution in [0.3, 0.4) is 0 Å². The molecule has 2 heterocycles. The highest BCUT2D eigenvalue weighted by Crippen LogP contribution is 2.38. The van der Waals surface area contributed by atoms with E-state index in [1.807, 2.05) is 11.3 Å². The Balaban J connectivity index is 2.05. The van der Waals surface area contributed by atoms with Crippen LogP contribution >= 0.6 is 38.6 Å². The average Bonchev–Trinajstić information content (AvgIpc) is 2.75. The Morgan fingerprint density at radius 2 is 2.14 bits per heavy atom. The molecule has 1 aliphatic rings. The van der Waals surface area contributed by atoms with Gasteiger partial charge in [0.1, 0.15) is 0 Å². The van der Waals surface area contributed by atoms with Crippen LogP contribution in [0.15, 0.2) is 9.98 Å². The first kappa shape index (κ1) is 9.00. The fraction of sp³-hybridized carbons (Fsp3) is 0.333. The van der Waals surface area contributed by atoms with E-state index in [-0.39, 0.29) is 0 Å². The van der Waals surface area contributed by atoms with E-state index >= 15 is 0 Å². The Morgan fingerprint density at radius 1 is 1.21 bits per heavy atom. The molecule has 2 aromatic rings. The van der Waals surface area contributed by atoms with Gasteiger partial charge in [0.2, 0.25) is 0 Å². The minimum atomic E-state index is 0.862. The molecule has 0 saturated heterocycles. The first-order valence-electron chi connectivity index (χ1n) is 4.44. The Morgan fingerprint density at radius 3 is 2.86 bits per heavy atom. The van der Waals surface area contributed by atoms with Crippen LogP contribution in [-0.4, -0.2) is 10.2 Å². The minimum absolute atomic E-state index is 0.862. The lowest BCUT2D eigenvalue weighted by atomic mass is 10.2. The summed E-state index contributed by atoms with van der Waals surface area (Å²) < 4.78 is 0.862. The van der Waals surface area contributed by atoms with Crippen LogP contribution < -0.4 is 0 Å². The fourth-order valence-electron chi connectivity index (χ4n) is 1.74. The van der Waals surface area contributed by atoms with Crippen molar-refractivity contribution in [3.05, 3.63) is 20.4 Å². The van der Waals surface area contributed by atoms with Gasteiger partial charge in [-0.05, 0) is 46.8 Å². The smallest absolute Gasteiger partial charge is 0.137 e. The lowest BCUT2D eigenvalue weighted by Crippen LogP contribution is -1.73. The Hall–Kier alpha value is -0.260. The maximum atomic E-state index is 4.13. The van der Waals surface area contributed by atoms with Crippen molar-refractivity contribution < 1.29 is 0 Å². The predicted octanol–water partition coefficient (Wildman–Crippen LogP) is 3.52. The summed E-state index contributed by atoms with van der Waals surface area (Å²) in [5, 5.41) is 9.14. The van der Waals surface area contributed by atoms with Gasteiger partial charge in [-0.2, -0.15) is 0 Å². The maximum absolute atomic E-state index is 4.13. The highest BCUT2D eigenvalue weighted by molar-refractivity contribution is 9.11. The van der Waals surface area contributed by atoms with Crippen molar-refractivity contribution in [2.24, 2.45) is 0 Å². The molecule has 0 saturated carbocycles. The van der Waals surface area contributed by atoms with Gasteiger partial charge in [-0.1, -0.05) is 11.3 Å². The summed E-state index contributed by atoms with van der Waals surface area (Å²) in [5.74, 6) is 0. The van der Waals surface area contributed by atoms with Crippen molar-refractivity contribution in [1.82, 2.24) is 10.2 Å². The highest BCUT2D eigenvalue weighted by atomic mass is 79.9. The van der Waals surface area contributed by atoms with E-state index in [1.165, 1.54) is 29.7 Å². The van der Waals surface area contributed by atoms with Gasteiger partial charge in [0.25, 0.3) is 0 Å². The molecule has 0 amide bonds. The number of aryl methyl sites for hydroxylation is 2. The van der Waals surface area contributed by atoms with Gasteiger partial charge in [-0.15, -0.1) is 21.5 Å². The molecule has 0 N–H and O–H groups in total. The molecule has 2 aromatic heterocycles. The van der Waals surface area contributed by atoms with E-state index in [1.54, 1.807) is 16.2 Å². The zero-order valence-electron chi connectivity index (χ0n) is 7.29. The topological polar surface area (TPSA) is 25.8 Å². The van der Waals surface area contributed by atoms with Crippen LogP contribution in [0.1, 0.15) is 16.9 Å². The summed E-state index contributed by atoms with van der Waals surface area (Å²) >= 11 is 6.81. The number of fused-ring (bicyclic) bond motifs is 1. The second-order valence-electron chi connectivity index (χ2n) is 3.27. The summed E-state index contributed by atoms with van der Waals surface area (Å²) in [6.07, 6.45) is 3.81. The summed E-state index contributed by atoms with van der Waals surface area (Å²) in [6, 6.07) is 2.28. The molecule has 1 aliphatic carbocycles. The number of hydrogen-bond acceptors (Lipinski definition) is 4. The van der Waals surface area contributed by atoms with Gasteiger partial charge in [0.05, 0.1) is 4.88 Å². The van der Waals surface area contributed by atoms with Crippen molar-refractivity contribution in [2.75, 3.05) is 0 Å². The van der Waals surface area contributed by atoms with E-state index in [0.717, 1.165) is 8.92 Å². The monoisotopic (exact) mass is 286 g/mol. The van der Waals surface area contributed by atoms with Crippen molar-refractivity contribution in [3.63, 3.8) is 0 Å². The summed E-state index contributed by atoms with van der Waals surface area (Å²) in [6.45, 7) is 0. The molecule has 3 rings (SSSR count). The molecular weight excluding hydrogens is 280 g/mol. The molecule has 5 heteroatoms. The lowest BCUT2D eigenvalue weighted by Gasteiger charge is -1.87. The standard InChI is InChI=1S/C9H7BrN2S2/c10-9-12-11-8(14-9)7-4-5-2-1-3-6(5)13-7/h4H,1-3H2. The lowest BCUT2D eigenvalue weighted by molar-refractivity contribution is 0.915. The number of rotatable bonds is 1. The van der Waals surface area contributed by atoms with Gasteiger partial charge >= 0.3 is 0 Å². The van der Waals surface area contributed by atoms with Gasteiger partial charge < -0.3 is 0 Å². The van der Waals surface area contributed by atoms with Gasteiger partial charge in [0, 0.05) is 4.88 Å². The Bertz CT molecular complexity index is 453. The number of hydrogen-bond donors (Lipinski definition) is 0. The van der Waals surface area contributed by atoms with Crippen molar-refractivity contribution >= 4 is 38.6 Å². The van der Waals surface area contributed by atoms with E-state index < -0.39 is 0 Å². The van der Waals surface area contributed by atoms with Crippen LogP contribution in [0.2, 0.25) is 0 Å². The van der Waals surface area contributed by atoms with E-state index in [0.29, 0.717) is 0 Å². The van der Waals surface area contributed by atoms with Crippen LogP contribution in [-0.2, 0) is 12.8 Å². The SMILES string of the molecule is Brc1nnc(-c2cc3c(s2)CCC3)s1. The van der Waals surface area contributed by atoms with E-state index in [2.05, 4.69) is 32.2 Å². The number of aromatic nitrogens is 2. The van der Waals surface area contributed by atoms with Crippen molar-refractivity contribution in [2.45, 2.75) is 19.3 Å². The van der Waals surface area contributed by atoms with E-state index in [4.69, 9.17) is 0 Å². The molecule has 0 aliphatic heterocycles. The van der Waals surface area contributed by atoms with Crippen molar-refractivity contribution in [3.8, 4) is 9.88 Å². The van der Waals surface area contributed by atoms with Gasteiger partial charge in [-0.3, -0.25) is 0 Å². The Kier molecular flexibility index (Phi) is 2.18. The molecule has 2 nitrogen and oxygen atoms in total. The van der Waals surface area contributed by atoms with Crippen LogP contribution in [0.5, 0.6) is 0 Å². The van der Waals surface area contributed by atoms with Gasteiger partial charge in [0.15, 0.2) is 8.92 Å². The second kappa shape index (κ2) is 3.40. The van der Waals surface area contributed by atoms with Gasteiger partial charge in [-0.25, -0.2) is 0 Å². The largest absolute Gasteiger partial charge is 0.183 e. The zero-order chi connectivity index (χ0) is 9.54. The number of thiophene rings is 1. The van der Waals surface area contributed by atoms with Crippen LogP contribution in [0.25, 0.3) is 9.88 Å². The maximum Gasteiger partial charge on any atom is 0.183 e. The fourth-order valence-corrected chi connectivity index (χ4v) is 4.14. The van der Waals surface area contributed by atoms with E-state index in [9.17, 15) is 0 Å². The molecule has 0 aromatic carbocycles. The third-order valence-electron chi connectivity index (χ3n) is 2.36. The zero-order valence-corrected chi connectivity index (χ0v) is 10.5. The highest BCUT2D eigenvalue weighted by Gasteiger charge is 2.17. The molecule has 14 heavy (non-hydrogen) atoms. The molecule has 0 bridgehead atoms. The predicted molar refractivity (Wildman–Crippen MR) is 62.9 cm³/mol. The number of nitrogens with zero attached hydrogens (tertiary/aromatic N) is 2. The summed E-state index contributed by atoms with van der Waals surface area (Å²) in [4.78, 5) is 2.82. The minimum Gasteiger partial charge on any atom is -0.137 e. The van der Waals surface area contributed by atoms with Crippen molar-refractivity contribution in [1.29, 1.82) is 0 Å². The third kappa shape index (κ3) is 1.43. The molecule has 0 spiro atoms. The molecular formula is C9H7BrN2S2. The average molecular weight is 287 g/mol. The summed E-state index contributed by atoms with van der Waals surface area (Å²) in [7, 11) is 0. The van der Waals surface area contributed by atoms with Crippen LogP contribution in [0, 0.1) is 0 Å². The van der Waals surface area contributed by atoms with Crippen LogP contribution in [0.4, 0.5) is 0 Å². The first-order valence-corrected chi connectivity index (χ1v) is 6.86. The summed E-state index contributed by atoms with van der Waals surface area (Å²) in [5.41, 5.74) is 1.52. The quantitative estimate of drug-likeness (QED) is 0.802. The first-order chi connectivity index (χ1) is 6.83. The third-order valence-corrected chi connectivity index (χ3v) is 5.12. The molecule has 0 radical (unpaired) electrons. The Labute approximate surface area is 98.1 Å². The normalized spacial score (nSPS) is 14.6. The molecule has 72 valence electrons. The molecule has 0 unspecified atom stereocenters.